The molecule has 2 fully saturated rings. The average molecular weight is 365 g/mol. The highest BCUT2D eigenvalue weighted by Crippen LogP contribution is 2.34. The average Bonchev–Trinajstić information content (AvgIpc) is 3.28. The number of aromatic nitrogens is 2. The standard InChI is InChI=1S/C22H27N3O2/c1-27-19-10-4-8-17(14-19)20-21(24-12-11-23-20)18-9-5-13-25(15-18)22(26)16-6-2-3-7-16/h4,8,10-12,14,16,18H,2-3,5-7,9,13,15H2,1H3. The van der Waals surface area contributed by atoms with Gasteiger partial charge in [-0.3, -0.25) is 14.8 Å². The third-order valence-corrected chi connectivity index (χ3v) is 5.89. The lowest BCUT2D eigenvalue weighted by atomic mass is 9.90. The summed E-state index contributed by atoms with van der Waals surface area (Å²) in [5, 5.41) is 0. The van der Waals surface area contributed by atoms with Crippen LogP contribution in [0.25, 0.3) is 11.3 Å². The number of piperidine rings is 1. The maximum Gasteiger partial charge on any atom is 0.225 e. The van der Waals surface area contributed by atoms with Gasteiger partial charge in [0.2, 0.25) is 5.91 Å². The van der Waals surface area contributed by atoms with E-state index >= 15 is 0 Å². The van der Waals surface area contributed by atoms with Crippen LogP contribution in [0, 0.1) is 5.92 Å². The van der Waals surface area contributed by atoms with Crippen molar-refractivity contribution in [3.63, 3.8) is 0 Å². The lowest BCUT2D eigenvalue weighted by Crippen LogP contribution is -2.42. The molecule has 0 N–H and O–H groups in total. The Balaban J connectivity index is 1.58. The highest BCUT2D eigenvalue weighted by Gasteiger charge is 2.32. The van der Waals surface area contributed by atoms with Gasteiger partial charge in [-0.05, 0) is 37.8 Å². The number of hydrogen-bond acceptors (Lipinski definition) is 4. The topological polar surface area (TPSA) is 55.3 Å². The largest absolute Gasteiger partial charge is 0.497 e. The van der Waals surface area contributed by atoms with Crippen molar-refractivity contribution < 1.29 is 9.53 Å². The molecule has 1 saturated heterocycles. The van der Waals surface area contributed by atoms with Crippen molar-refractivity contribution in [2.45, 2.75) is 44.4 Å². The summed E-state index contributed by atoms with van der Waals surface area (Å²) in [6, 6.07) is 7.95. The Bertz CT molecular complexity index is 802. The van der Waals surface area contributed by atoms with Gasteiger partial charge in [0.15, 0.2) is 0 Å². The first-order valence-electron chi connectivity index (χ1n) is 10.0. The number of ether oxygens (including phenoxy) is 1. The van der Waals surface area contributed by atoms with Crippen molar-refractivity contribution in [2.24, 2.45) is 5.92 Å². The van der Waals surface area contributed by atoms with Crippen molar-refractivity contribution in [2.75, 3.05) is 20.2 Å². The van der Waals surface area contributed by atoms with E-state index in [-0.39, 0.29) is 11.8 Å². The van der Waals surface area contributed by atoms with E-state index in [1.54, 1.807) is 19.5 Å². The van der Waals surface area contributed by atoms with E-state index in [2.05, 4.69) is 14.9 Å². The molecule has 27 heavy (non-hydrogen) atoms. The number of amides is 1. The zero-order valence-electron chi connectivity index (χ0n) is 15.9. The zero-order chi connectivity index (χ0) is 18.6. The first-order valence-corrected chi connectivity index (χ1v) is 10.0. The Hall–Kier alpha value is -2.43. The van der Waals surface area contributed by atoms with Crippen molar-refractivity contribution in [1.82, 2.24) is 14.9 Å². The van der Waals surface area contributed by atoms with Gasteiger partial charge in [0.05, 0.1) is 18.5 Å². The Kier molecular flexibility index (Phi) is 5.37. The molecular weight excluding hydrogens is 338 g/mol. The molecule has 1 amide bonds. The van der Waals surface area contributed by atoms with Crippen LogP contribution in [0.4, 0.5) is 0 Å². The summed E-state index contributed by atoms with van der Waals surface area (Å²) in [6.07, 6.45) is 10.1. The van der Waals surface area contributed by atoms with E-state index in [0.29, 0.717) is 5.91 Å². The number of rotatable bonds is 4. The molecule has 2 aromatic rings. The van der Waals surface area contributed by atoms with Crippen molar-refractivity contribution in [3.05, 3.63) is 42.4 Å². The van der Waals surface area contributed by atoms with E-state index in [9.17, 15) is 4.79 Å². The maximum absolute atomic E-state index is 12.9. The maximum atomic E-state index is 12.9. The molecule has 1 aliphatic heterocycles. The molecule has 2 heterocycles. The molecule has 4 rings (SSSR count). The molecule has 1 aliphatic carbocycles. The summed E-state index contributed by atoms with van der Waals surface area (Å²) in [7, 11) is 1.67. The number of carbonyl (C=O) groups excluding carboxylic acids is 1. The molecule has 0 spiro atoms. The van der Waals surface area contributed by atoms with Crippen LogP contribution < -0.4 is 4.74 Å². The predicted molar refractivity (Wildman–Crippen MR) is 105 cm³/mol. The second-order valence-electron chi connectivity index (χ2n) is 7.63. The third-order valence-electron chi connectivity index (χ3n) is 5.89. The van der Waals surface area contributed by atoms with Crippen LogP contribution in [-0.2, 0) is 4.79 Å². The van der Waals surface area contributed by atoms with Gasteiger partial charge in [0.1, 0.15) is 5.75 Å². The van der Waals surface area contributed by atoms with Gasteiger partial charge in [0, 0.05) is 42.9 Å². The SMILES string of the molecule is COc1cccc(-c2nccnc2C2CCCN(C(=O)C3CCCC3)C2)c1. The summed E-state index contributed by atoms with van der Waals surface area (Å²) in [5.41, 5.74) is 2.91. The van der Waals surface area contributed by atoms with Crippen LogP contribution in [0.1, 0.15) is 50.1 Å². The first kappa shape index (κ1) is 18.0. The highest BCUT2D eigenvalue weighted by atomic mass is 16.5. The van der Waals surface area contributed by atoms with Crippen LogP contribution >= 0.6 is 0 Å². The van der Waals surface area contributed by atoms with Crippen LogP contribution in [0.3, 0.4) is 0 Å². The minimum absolute atomic E-state index is 0.235. The number of likely N-dealkylation sites (tertiary alicyclic amines) is 1. The molecule has 0 bridgehead atoms. The smallest absolute Gasteiger partial charge is 0.225 e. The van der Waals surface area contributed by atoms with E-state index in [1.807, 2.05) is 24.3 Å². The van der Waals surface area contributed by atoms with E-state index < -0.39 is 0 Å². The molecule has 5 nitrogen and oxygen atoms in total. The second kappa shape index (κ2) is 8.07. The Morgan fingerprint density at radius 1 is 1.11 bits per heavy atom. The lowest BCUT2D eigenvalue weighted by Gasteiger charge is -2.34. The molecule has 0 radical (unpaired) electrons. The minimum atomic E-state index is 0.235. The fourth-order valence-electron chi connectivity index (χ4n) is 4.47. The van der Waals surface area contributed by atoms with Crippen molar-refractivity contribution in [1.29, 1.82) is 0 Å². The molecule has 1 unspecified atom stereocenters. The van der Waals surface area contributed by atoms with Crippen LogP contribution in [0.5, 0.6) is 5.75 Å². The summed E-state index contributed by atoms with van der Waals surface area (Å²) in [6.45, 7) is 1.63. The molecule has 1 saturated carbocycles. The quantitative estimate of drug-likeness (QED) is 0.820. The summed E-state index contributed by atoms with van der Waals surface area (Å²) in [4.78, 5) is 24.3. The lowest BCUT2D eigenvalue weighted by molar-refractivity contribution is -0.136. The number of benzene rings is 1. The summed E-state index contributed by atoms with van der Waals surface area (Å²) < 4.78 is 5.37. The van der Waals surface area contributed by atoms with Gasteiger partial charge < -0.3 is 9.64 Å². The van der Waals surface area contributed by atoms with E-state index in [0.717, 1.165) is 61.5 Å². The Labute approximate surface area is 160 Å². The number of hydrogen-bond donors (Lipinski definition) is 0. The number of methoxy groups -OCH3 is 1. The van der Waals surface area contributed by atoms with Crippen molar-refractivity contribution >= 4 is 5.91 Å². The van der Waals surface area contributed by atoms with Crippen LogP contribution in [0.15, 0.2) is 36.7 Å². The molecule has 142 valence electrons. The molecule has 2 aliphatic rings. The third kappa shape index (κ3) is 3.82. The van der Waals surface area contributed by atoms with Gasteiger partial charge in [-0.15, -0.1) is 0 Å². The van der Waals surface area contributed by atoms with Crippen molar-refractivity contribution in [3.8, 4) is 17.0 Å². The second-order valence-corrected chi connectivity index (χ2v) is 7.63. The monoisotopic (exact) mass is 365 g/mol. The number of carbonyl (C=O) groups is 1. The first-order chi connectivity index (χ1) is 13.3. The van der Waals surface area contributed by atoms with Gasteiger partial charge in [-0.2, -0.15) is 0 Å². The molecule has 5 heteroatoms. The summed E-state index contributed by atoms with van der Waals surface area (Å²) >= 11 is 0. The van der Waals surface area contributed by atoms with Gasteiger partial charge in [-0.1, -0.05) is 25.0 Å². The molecule has 1 aromatic heterocycles. The minimum Gasteiger partial charge on any atom is -0.497 e. The molecular formula is C22H27N3O2. The zero-order valence-corrected chi connectivity index (χ0v) is 15.9. The highest BCUT2D eigenvalue weighted by molar-refractivity contribution is 5.79. The Morgan fingerprint density at radius 3 is 2.74 bits per heavy atom. The fraction of sp³-hybridized carbons (Fsp3) is 0.500. The van der Waals surface area contributed by atoms with E-state index in [4.69, 9.17) is 4.74 Å². The summed E-state index contributed by atoms with van der Waals surface area (Å²) in [5.74, 6) is 1.64. The Morgan fingerprint density at radius 2 is 1.93 bits per heavy atom. The fourth-order valence-corrected chi connectivity index (χ4v) is 4.47. The van der Waals surface area contributed by atoms with Gasteiger partial charge >= 0.3 is 0 Å². The predicted octanol–water partition coefficient (Wildman–Crippen LogP) is 4.05. The van der Waals surface area contributed by atoms with Crippen LogP contribution in [0.2, 0.25) is 0 Å². The van der Waals surface area contributed by atoms with E-state index in [1.165, 1.54) is 12.8 Å². The number of nitrogens with zero attached hydrogens (tertiary/aromatic N) is 3. The van der Waals surface area contributed by atoms with Crippen LogP contribution in [-0.4, -0.2) is 41.0 Å². The van der Waals surface area contributed by atoms with Gasteiger partial charge in [-0.25, -0.2) is 0 Å². The molecule has 1 atom stereocenters. The molecule has 1 aromatic carbocycles. The van der Waals surface area contributed by atoms with Gasteiger partial charge in [0.25, 0.3) is 0 Å². The normalized spacial score (nSPS) is 20.6.